The summed E-state index contributed by atoms with van der Waals surface area (Å²) in [5.74, 6) is 2.18. The molecule has 0 bridgehead atoms. The van der Waals surface area contributed by atoms with E-state index in [1.807, 2.05) is 12.3 Å². The van der Waals surface area contributed by atoms with E-state index in [-0.39, 0.29) is 5.54 Å². The number of ether oxygens (including phenoxy) is 1. The lowest BCUT2D eigenvalue weighted by Crippen LogP contribution is -2.61. The maximum absolute atomic E-state index is 6.20. The van der Waals surface area contributed by atoms with E-state index in [2.05, 4.69) is 22.5 Å². The van der Waals surface area contributed by atoms with Crippen LogP contribution in [0.3, 0.4) is 0 Å². The van der Waals surface area contributed by atoms with Gasteiger partial charge in [-0.1, -0.05) is 12.2 Å². The summed E-state index contributed by atoms with van der Waals surface area (Å²) in [7, 11) is 0. The van der Waals surface area contributed by atoms with Crippen LogP contribution in [0.1, 0.15) is 31.0 Å². The monoisotopic (exact) mass is 299 g/mol. The number of hydrogen-bond donors (Lipinski definition) is 3. The summed E-state index contributed by atoms with van der Waals surface area (Å²) in [6.45, 7) is 1.86. The lowest BCUT2D eigenvalue weighted by molar-refractivity contribution is -0.0461. The van der Waals surface area contributed by atoms with Crippen molar-refractivity contribution < 1.29 is 4.74 Å². The number of rotatable bonds is 4. The van der Waals surface area contributed by atoms with E-state index in [1.165, 1.54) is 0 Å². The maximum atomic E-state index is 6.20. The van der Waals surface area contributed by atoms with Crippen LogP contribution in [-0.2, 0) is 4.74 Å². The number of aromatic amines is 1. The lowest BCUT2D eigenvalue weighted by atomic mass is 9.93. The quantitative estimate of drug-likeness (QED) is 0.751. The molecule has 3 heterocycles. The molecule has 1 aliphatic carbocycles. The summed E-state index contributed by atoms with van der Waals surface area (Å²) in [6, 6.07) is 2.00. The Balaban J connectivity index is 1.63. The summed E-state index contributed by atoms with van der Waals surface area (Å²) in [5, 5.41) is 4.41. The third-order valence-corrected chi connectivity index (χ3v) is 4.45. The predicted molar refractivity (Wildman–Crippen MR) is 85.8 cm³/mol. The second kappa shape index (κ2) is 5.37. The van der Waals surface area contributed by atoms with Crippen LogP contribution in [0.15, 0.2) is 24.4 Å². The Morgan fingerprint density at radius 3 is 3.00 bits per heavy atom. The number of fused-ring (bicyclic) bond motifs is 1. The van der Waals surface area contributed by atoms with Crippen molar-refractivity contribution in [2.45, 2.75) is 30.7 Å². The molecule has 4 N–H and O–H groups in total. The van der Waals surface area contributed by atoms with Crippen molar-refractivity contribution in [3.8, 4) is 0 Å². The van der Waals surface area contributed by atoms with Crippen molar-refractivity contribution in [3.63, 3.8) is 0 Å². The maximum Gasteiger partial charge on any atom is 0.143 e. The first-order chi connectivity index (χ1) is 10.7. The molecular weight excluding hydrogens is 278 g/mol. The number of allylic oxidation sites excluding steroid dienone is 2. The van der Waals surface area contributed by atoms with Gasteiger partial charge in [-0.2, -0.15) is 0 Å². The van der Waals surface area contributed by atoms with Gasteiger partial charge in [0.25, 0.3) is 0 Å². The Morgan fingerprint density at radius 1 is 1.36 bits per heavy atom. The fourth-order valence-electron chi connectivity index (χ4n) is 3.03. The fourth-order valence-corrected chi connectivity index (χ4v) is 3.03. The second-order valence-electron chi connectivity index (χ2n) is 6.36. The van der Waals surface area contributed by atoms with Gasteiger partial charge in [0.15, 0.2) is 0 Å². The predicted octanol–water partition coefficient (Wildman–Crippen LogP) is 1.92. The topological polar surface area (TPSA) is 88.9 Å². The summed E-state index contributed by atoms with van der Waals surface area (Å²) in [6.07, 6.45) is 9.58. The molecule has 0 saturated carbocycles. The Morgan fingerprint density at radius 2 is 2.27 bits per heavy atom. The minimum Gasteiger partial charge on any atom is -0.377 e. The molecule has 2 aromatic heterocycles. The highest BCUT2D eigenvalue weighted by atomic mass is 16.5. The zero-order valence-corrected chi connectivity index (χ0v) is 12.5. The molecule has 1 saturated heterocycles. The average molecular weight is 299 g/mol. The number of H-pyrrole nitrogens is 1. The SMILES string of the molecule is NC1(CNc2nc(C3CC=CCC3)nc3[nH]ccc23)COC1. The molecule has 6 heteroatoms. The van der Waals surface area contributed by atoms with Crippen molar-refractivity contribution in [1.82, 2.24) is 15.0 Å². The van der Waals surface area contributed by atoms with Gasteiger partial charge in [-0.05, 0) is 25.3 Å². The fraction of sp³-hybridized carbons (Fsp3) is 0.500. The first-order valence-electron chi connectivity index (χ1n) is 7.84. The molecule has 1 aliphatic heterocycles. The van der Waals surface area contributed by atoms with Crippen LogP contribution in [-0.4, -0.2) is 40.2 Å². The lowest BCUT2D eigenvalue weighted by Gasteiger charge is -2.37. The number of nitrogens with two attached hydrogens (primary N) is 1. The van der Waals surface area contributed by atoms with Gasteiger partial charge in [-0.15, -0.1) is 0 Å². The van der Waals surface area contributed by atoms with E-state index in [1.54, 1.807) is 0 Å². The van der Waals surface area contributed by atoms with Gasteiger partial charge in [0.05, 0.1) is 24.1 Å². The zero-order chi connectivity index (χ0) is 15.0. The Kier molecular flexibility index (Phi) is 3.35. The highest BCUT2D eigenvalue weighted by Gasteiger charge is 2.34. The molecule has 116 valence electrons. The van der Waals surface area contributed by atoms with Crippen molar-refractivity contribution in [3.05, 3.63) is 30.2 Å². The first-order valence-corrected chi connectivity index (χ1v) is 7.84. The largest absolute Gasteiger partial charge is 0.377 e. The summed E-state index contributed by atoms with van der Waals surface area (Å²) in [4.78, 5) is 12.7. The molecule has 4 rings (SSSR count). The van der Waals surface area contributed by atoms with Gasteiger partial charge in [-0.25, -0.2) is 9.97 Å². The minimum absolute atomic E-state index is 0.276. The Bertz CT molecular complexity index is 704. The van der Waals surface area contributed by atoms with E-state index in [9.17, 15) is 0 Å². The number of hydrogen-bond acceptors (Lipinski definition) is 5. The van der Waals surface area contributed by atoms with Crippen LogP contribution < -0.4 is 11.1 Å². The normalized spacial score (nSPS) is 23.4. The van der Waals surface area contributed by atoms with Gasteiger partial charge in [-0.3, -0.25) is 0 Å². The van der Waals surface area contributed by atoms with Crippen molar-refractivity contribution in [2.75, 3.05) is 25.1 Å². The van der Waals surface area contributed by atoms with E-state index in [0.29, 0.717) is 25.7 Å². The van der Waals surface area contributed by atoms with E-state index >= 15 is 0 Å². The third-order valence-electron chi connectivity index (χ3n) is 4.45. The van der Waals surface area contributed by atoms with Crippen LogP contribution in [0.2, 0.25) is 0 Å². The summed E-state index contributed by atoms with van der Waals surface area (Å²) < 4.78 is 5.21. The molecule has 6 nitrogen and oxygen atoms in total. The number of anilines is 1. The van der Waals surface area contributed by atoms with E-state index in [0.717, 1.165) is 41.9 Å². The van der Waals surface area contributed by atoms with Crippen molar-refractivity contribution in [2.24, 2.45) is 5.73 Å². The Labute approximate surface area is 129 Å². The summed E-state index contributed by atoms with van der Waals surface area (Å²) in [5.41, 5.74) is 6.81. The number of nitrogens with one attached hydrogen (secondary N) is 2. The highest BCUT2D eigenvalue weighted by molar-refractivity contribution is 5.87. The molecule has 1 fully saturated rings. The average Bonchev–Trinajstić information content (AvgIpc) is 3.00. The van der Waals surface area contributed by atoms with Gasteiger partial charge in [0, 0.05) is 18.7 Å². The first kappa shape index (κ1) is 13.7. The van der Waals surface area contributed by atoms with Crippen LogP contribution in [0.5, 0.6) is 0 Å². The van der Waals surface area contributed by atoms with Crippen LogP contribution in [0, 0.1) is 0 Å². The van der Waals surface area contributed by atoms with Crippen LogP contribution in [0.25, 0.3) is 11.0 Å². The van der Waals surface area contributed by atoms with Crippen LogP contribution >= 0.6 is 0 Å². The molecule has 0 aromatic carbocycles. The Hall–Kier alpha value is -1.92. The van der Waals surface area contributed by atoms with Crippen LogP contribution in [0.4, 0.5) is 5.82 Å². The van der Waals surface area contributed by atoms with E-state index < -0.39 is 0 Å². The zero-order valence-electron chi connectivity index (χ0n) is 12.5. The second-order valence-corrected chi connectivity index (χ2v) is 6.36. The van der Waals surface area contributed by atoms with E-state index in [4.69, 9.17) is 20.4 Å². The molecule has 1 atom stereocenters. The van der Waals surface area contributed by atoms with Crippen molar-refractivity contribution >= 4 is 16.9 Å². The standard InChI is InChI=1S/C16H21N5O/c17-16(9-22-10-16)8-19-15-12-6-7-18-14(12)20-13(21-15)11-4-2-1-3-5-11/h1-2,6-7,11H,3-5,8-10,17H2,(H2,18,19,20,21). The molecule has 22 heavy (non-hydrogen) atoms. The molecule has 0 spiro atoms. The number of nitrogens with zero attached hydrogens (tertiary/aromatic N) is 2. The molecule has 2 aliphatic rings. The molecule has 0 amide bonds. The molecule has 1 unspecified atom stereocenters. The van der Waals surface area contributed by atoms with Crippen molar-refractivity contribution in [1.29, 1.82) is 0 Å². The van der Waals surface area contributed by atoms with Gasteiger partial charge < -0.3 is 20.8 Å². The molecular formula is C16H21N5O. The highest BCUT2D eigenvalue weighted by Crippen LogP contribution is 2.30. The third kappa shape index (κ3) is 2.48. The summed E-state index contributed by atoms with van der Waals surface area (Å²) >= 11 is 0. The molecule has 2 aromatic rings. The smallest absolute Gasteiger partial charge is 0.143 e. The molecule has 0 radical (unpaired) electrons. The minimum atomic E-state index is -0.276. The van der Waals surface area contributed by atoms with Gasteiger partial charge in [0.1, 0.15) is 17.3 Å². The van der Waals surface area contributed by atoms with Gasteiger partial charge in [0.2, 0.25) is 0 Å². The number of aromatic nitrogens is 3. The van der Waals surface area contributed by atoms with Gasteiger partial charge >= 0.3 is 0 Å².